The molecular formula is C10H13Cl2FN2O2S. The summed E-state index contributed by atoms with van der Waals surface area (Å²) in [7, 11) is -1.75. The highest BCUT2D eigenvalue weighted by Gasteiger charge is 2.13. The third-order valence-corrected chi connectivity index (χ3v) is 4.02. The van der Waals surface area contributed by atoms with Crippen molar-refractivity contribution in [2.24, 2.45) is 0 Å². The van der Waals surface area contributed by atoms with Crippen LogP contribution in [0.2, 0.25) is 10.0 Å². The minimum atomic E-state index is -3.48. The molecule has 0 saturated carbocycles. The Balaban J connectivity index is 2.78. The third-order valence-electron chi connectivity index (χ3n) is 2.10. The van der Waals surface area contributed by atoms with E-state index in [1.165, 1.54) is 12.1 Å². The van der Waals surface area contributed by atoms with Gasteiger partial charge in [-0.15, -0.1) is 0 Å². The van der Waals surface area contributed by atoms with E-state index < -0.39 is 15.8 Å². The van der Waals surface area contributed by atoms with Crippen LogP contribution in [-0.4, -0.2) is 27.8 Å². The van der Waals surface area contributed by atoms with Crippen LogP contribution in [0.4, 0.5) is 10.1 Å². The van der Waals surface area contributed by atoms with E-state index in [4.69, 9.17) is 23.2 Å². The summed E-state index contributed by atoms with van der Waals surface area (Å²) in [5, 5.41) is 2.39. The lowest BCUT2D eigenvalue weighted by molar-refractivity contribution is 0.596. The van der Waals surface area contributed by atoms with E-state index in [-0.39, 0.29) is 21.5 Å². The van der Waals surface area contributed by atoms with E-state index in [0.29, 0.717) is 13.0 Å². The summed E-state index contributed by atoms with van der Waals surface area (Å²) in [6.07, 6.45) is 0.467. The fourth-order valence-corrected chi connectivity index (χ4v) is 2.87. The van der Waals surface area contributed by atoms with Crippen molar-refractivity contribution >= 4 is 38.9 Å². The average molecular weight is 315 g/mol. The van der Waals surface area contributed by atoms with Crippen molar-refractivity contribution in [3.8, 4) is 0 Å². The minimum Gasteiger partial charge on any atom is -0.320 e. The summed E-state index contributed by atoms with van der Waals surface area (Å²) in [4.78, 5) is 0. The van der Waals surface area contributed by atoms with Crippen molar-refractivity contribution in [3.05, 3.63) is 28.0 Å². The fourth-order valence-electron chi connectivity index (χ4n) is 1.28. The van der Waals surface area contributed by atoms with Crippen LogP contribution in [0.3, 0.4) is 0 Å². The highest BCUT2D eigenvalue weighted by Crippen LogP contribution is 2.27. The number of sulfonamides is 1. The molecule has 0 atom stereocenters. The molecule has 4 nitrogen and oxygen atoms in total. The van der Waals surface area contributed by atoms with Crippen LogP contribution in [0.25, 0.3) is 0 Å². The maximum atomic E-state index is 13.1. The van der Waals surface area contributed by atoms with Gasteiger partial charge in [0.1, 0.15) is 0 Å². The molecule has 0 bridgehead atoms. The molecule has 102 valence electrons. The molecule has 1 rings (SSSR count). The topological polar surface area (TPSA) is 58.2 Å². The maximum absolute atomic E-state index is 13.1. The molecule has 0 unspecified atom stereocenters. The Kier molecular flexibility index (Phi) is 5.65. The van der Waals surface area contributed by atoms with E-state index in [0.717, 1.165) is 0 Å². The first-order valence-corrected chi connectivity index (χ1v) is 7.56. The van der Waals surface area contributed by atoms with Crippen molar-refractivity contribution in [1.29, 1.82) is 0 Å². The molecule has 0 fully saturated rings. The van der Waals surface area contributed by atoms with Crippen LogP contribution in [0.5, 0.6) is 0 Å². The first-order valence-electron chi connectivity index (χ1n) is 5.15. The fraction of sp³-hybridized carbons (Fsp3) is 0.400. The normalized spacial score (nSPS) is 11.6. The molecule has 1 aromatic rings. The third kappa shape index (κ3) is 4.61. The van der Waals surface area contributed by atoms with Gasteiger partial charge in [-0.3, -0.25) is 4.72 Å². The molecule has 0 aromatic heterocycles. The van der Waals surface area contributed by atoms with Gasteiger partial charge in [0.2, 0.25) is 10.0 Å². The van der Waals surface area contributed by atoms with Gasteiger partial charge in [0, 0.05) is 0 Å². The van der Waals surface area contributed by atoms with Crippen molar-refractivity contribution < 1.29 is 12.8 Å². The summed E-state index contributed by atoms with van der Waals surface area (Å²) in [6, 6.07) is 2.36. The molecule has 0 radical (unpaired) electrons. The first kappa shape index (κ1) is 15.5. The summed E-state index contributed by atoms with van der Waals surface area (Å²) >= 11 is 11.1. The molecule has 18 heavy (non-hydrogen) atoms. The predicted octanol–water partition coefficient (Wildman–Crippen LogP) is 2.48. The van der Waals surface area contributed by atoms with Gasteiger partial charge >= 0.3 is 0 Å². The van der Waals surface area contributed by atoms with Gasteiger partial charge in [-0.25, -0.2) is 12.8 Å². The van der Waals surface area contributed by atoms with E-state index in [1.807, 2.05) is 0 Å². The molecule has 0 aliphatic rings. The molecule has 1 aromatic carbocycles. The number of hydrogen-bond acceptors (Lipinski definition) is 3. The Labute approximate surface area is 116 Å². The molecule has 0 aliphatic carbocycles. The number of hydrogen-bond donors (Lipinski definition) is 2. The molecule has 0 aliphatic heterocycles. The Hall–Kier alpha value is -0.560. The second kappa shape index (κ2) is 6.56. The Morgan fingerprint density at radius 2 is 1.83 bits per heavy atom. The van der Waals surface area contributed by atoms with Crippen LogP contribution in [-0.2, 0) is 10.0 Å². The second-order valence-corrected chi connectivity index (χ2v) is 6.29. The van der Waals surface area contributed by atoms with E-state index in [1.54, 1.807) is 7.05 Å². The molecule has 0 heterocycles. The van der Waals surface area contributed by atoms with Crippen LogP contribution < -0.4 is 10.0 Å². The van der Waals surface area contributed by atoms with Gasteiger partial charge in [0.15, 0.2) is 5.82 Å². The van der Waals surface area contributed by atoms with Crippen molar-refractivity contribution in [2.75, 3.05) is 24.1 Å². The number of anilines is 1. The van der Waals surface area contributed by atoms with Crippen LogP contribution in [0, 0.1) is 5.82 Å². The van der Waals surface area contributed by atoms with Crippen molar-refractivity contribution in [3.63, 3.8) is 0 Å². The zero-order chi connectivity index (χ0) is 13.8. The Morgan fingerprint density at radius 1 is 1.28 bits per heavy atom. The predicted molar refractivity (Wildman–Crippen MR) is 72.4 cm³/mol. The Morgan fingerprint density at radius 3 is 2.33 bits per heavy atom. The SMILES string of the molecule is CNCCCS(=O)(=O)Nc1cc(Cl)c(F)c(Cl)c1. The molecule has 0 saturated heterocycles. The zero-order valence-corrected chi connectivity index (χ0v) is 12.0. The molecule has 2 N–H and O–H groups in total. The average Bonchev–Trinajstić information content (AvgIpc) is 2.25. The van der Waals surface area contributed by atoms with Gasteiger partial charge in [0.25, 0.3) is 0 Å². The number of benzene rings is 1. The van der Waals surface area contributed by atoms with E-state index in [9.17, 15) is 12.8 Å². The maximum Gasteiger partial charge on any atom is 0.232 e. The second-order valence-electron chi connectivity index (χ2n) is 3.63. The van der Waals surface area contributed by atoms with E-state index in [2.05, 4.69) is 10.0 Å². The highest BCUT2D eigenvalue weighted by molar-refractivity contribution is 7.92. The summed E-state index contributed by atoms with van der Waals surface area (Å²) in [6.45, 7) is 0.589. The lowest BCUT2D eigenvalue weighted by atomic mass is 10.3. The number of rotatable bonds is 6. The van der Waals surface area contributed by atoms with Gasteiger partial charge in [-0.05, 0) is 32.1 Å². The van der Waals surface area contributed by atoms with Crippen LogP contribution in [0.1, 0.15) is 6.42 Å². The smallest absolute Gasteiger partial charge is 0.232 e. The standard InChI is InChI=1S/C10H13Cl2FN2O2S/c1-14-3-2-4-18(16,17)15-7-5-8(11)10(13)9(12)6-7/h5-6,14-15H,2-4H2,1H3. The molecule has 0 amide bonds. The number of halogens is 3. The number of nitrogens with one attached hydrogen (secondary N) is 2. The Bertz CT molecular complexity index is 500. The highest BCUT2D eigenvalue weighted by atomic mass is 35.5. The monoisotopic (exact) mass is 314 g/mol. The van der Waals surface area contributed by atoms with Gasteiger partial charge < -0.3 is 5.32 Å². The lowest BCUT2D eigenvalue weighted by Crippen LogP contribution is -2.20. The van der Waals surface area contributed by atoms with Crippen LogP contribution >= 0.6 is 23.2 Å². The van der Waals surface area contributed by atoms with Crippen molar-refractivity contribution in [1.82, 2.24) is 5.32 Å². The zero-order valence-electron chi connectivity index (χ0n) is 9.63. The van der Waals surface area contributed by atoms with Gasteiger partial charge in [-0.2, -0.15) is 0 Å². The van der Waals surface area contributed by atoms with Crippen LogP contribution in [0.15, 0.2) is 12.1 Å². The summed E-state index contributed by atoms with van der Waals surface area (Å²) in [5.41, 5.74) is 0.149. The first-order chi connectivity index (χ1) is 8.35. The van der Waals surface area contributed by atoms with Gasteiger partial charge in [-0.1, -0.05) is 23.2 Å². The summed E-state index contributed by atoms with van der Waals surface area (Å²) < 4.78 is 38.8. The van der Waals surface area contributed by atoms with Gasteiger partial charge in [0.05, 0.1) is 21.5 Å². The lowest BCUT2D eigenvalue weighted by Gasteiger charge is -2.09. The quantitative estimate of drug-likeness (QED) is 0.626. The van der Waals surface area contributed by atoms with Crippen molar-refractivity contribution in [2.45, 2.75) is 6.42 Å². The molecule has 8 heteroatoms. The van der Waals surface area contributed by atoms with E-state index >= 15 is 0 Å². The summed E-state index contributed by atoms with van der Waals surface area (Å²) in [5.74, 6) is -0.808. The molecule has 0 spiro atoms. The minimum absolute atomic E-state index is 0.0412. The molecular weight excluding hydrogens is 302 g/mol. The largest absolute Gasteiger partial charge is 0.320 e.